The molecule has 0 aliphatic heterocycles. The molecule has 0 radical (unpaired) electrons. The third kappa shape index (κ3) is 4.23. The summed E-state index contributed by atoms with van der Waals surface area (Å²) in [5, 5.41) is 12.2. The van der Waals surface area contributed by atoms with Gasteiger partial charge in [0.05, 0.1) is 11.8 Å². The van der Waals surface area contributed by atoms with Gasteiger partial charge in [-0.15, -0.1) is 0 Å². The molecule has 0 fully saturated rings. The molecule has 2 aromatic rings. The average molecular weight is 292 g/mol. The first-order valence-corrected chi connectivity index (χ1v) is 6.72. The zero-order valence-corrected chi connectivity index (χ0v) is 11.7. The monoisotopic (exact) mass is 292 g/mol. The van der Waals surface area contributed by atoms with Gasteiger partial charge in [-0.05, 0) is 19.4 Å². The van der Waals surface area contributed by atoms with Crippen LogP contribution in [0.3, 0.4) is 0 Å². The summed E-state index contributed by atoms with van der Waals surface area (Å²) in [7, 11) is 0. The van der Waals surface area contributed by atoms with Gasteiger partial charge in [-0.25, -0.2) is 14.4 Å². The van der Waals surface area contributed by atoms with E-state index in [1.165, 1.54) is 12.4 Å². The third-order valence-corrected chi connectivity index (χ3v) is 2.78. The Kier molecular flexibility index (Phi) is 5.19. The van der Waals surface area contributed by atoms with Crippen molar-refractivity contribution in [1.29, 1.82) is 0 Å². The highest BCUT2D eigenvalue weighted by Crippen LogP contribution is 2.13. The van der Waals surface area contributed by atoms with Crippen molar-refractivity contribution in [1.82, 2.24) is 25.5 Å². The van der Waals surface area contributed by atoms with E-state index in [4.69, 9.17) is 0 Å². The van der Waals surface area contributed by atoms with E-state index in [1.807, 2.05) is 6.92 Å². The first-order chi connectivity index (χ1) is 10.2. The molecule has 2 aromatic heterocycles. The van der Waals surface area contributed by atoms with Gasteiger partial charge in [-0.3, -0.25) is 9.89 Å². The van der Waals surface area contributed by atoms with Gasteiger partial charge in [0, 0.05) is 19.5 Å². The van der Waals surface area contributed by atoms with Crippen LogP contribution in [0.4, 0.5) is 10.2 Å². The maximum atomic E-state index is 13.2. The molecule has 2 heterocycles. The van der Waals surface area contributed by atoms with Crippen LogP contribution in [0.2, 0.25) is 0 Å². The second-order valence-electron chi connectivity index (χ2n) is 4.37. The number of halogens is 1. The number of nitrogens with one attached hydrogen (secondary N) is 3. The summed E-state index contributed by atoms with van der Waals surface area (Å²) in [6.45, 7) is 2.94. The predicted molar refractivity (Wildman–Crippen MR) is 75.4 cm³/mol. The number of aryl methyl sites for hydroxylation is 1. The molecule has 0 aliphatic rings. The van der Waals surface area contributed by atoms with Gasteiger partial charge in [0.25, 0.3) is 5.91 Å². The molecule has 2 rings (SSSR count). The third-order valence-electron chi connectivity index (χ3n) is 2.78. The Hall–Kier alpha value is -2.51. The Morgan fingerprint density at radius 3 is 3.00 bits per heavy atom. The summed E-state index contributed by atoms with van der Waals surface area (Å²) >= 11 is 0. The number of nitrogens with zero attached hydrogens (tertiary/aromatic N) is 3. The van der Waals surface area contributed by atoms with Gasteiger partial charge in [-0.1, -0.05) is 0 Å². The van der Waals surface area contributed by atoms with Gasteiger partial charge in [0.2, 0.25) is 0 Å². The predicted octanol–water partition coefficient (Wildman–Crippen LogP) is 1.13. The van der Waals surface area contributed by atoms with Crippen molar-refractivity contribution in [3.63, 3.8) is 0 Å². The molecule has 112 valence electrons. The van der Waals surface area contributed by atoms with Crippen LogP contribution in [-0.2, 0) is 6.42 Å². The van der Waals surface area contributed by atoms with Crippen molar-refractivity contribution in [3.05, 3.63) is 35.8 Å². The number of pyridine rings is 1. The van der Waals surface area contributed by atoms with E-state index < -0.39 is 5.82 Å². The highest BCUT2D eigenvalue weighted by molar-refractivity contribution is 5.98. The van der Waals surface area contributed by atoms with Gasteiger partial charge < -0.3 is 10.6 Å². The fourth-order valence-corrected chi connectivity index (χ4v) is 1.82. The Morgan fingerprint density at radius 2 is 2.29 bits per heavy atom. The molecule has 0 bridgehead atoms. The van der Waals surface area contributed by atoms with E-state index in [2.05, 4.69) is 30.8 Å². The smallest absolute Gasteiger partial charge is 0.255 e. The Labute approximate surface area is 121 Å². The number of H-pyrrole nitrogens is 1. The minimum Gasteiger partial charge on any atom is -0.370 e. The number of carbonyl (C=O) groups excluding carboxylic acids is 1. The van der Waals surface area contributed by atoms with Crippen molar-refractivity contribution in [2.45, 2.75) is 19.8 Å². The van der Waals surface area contributed by atoms with Gasteiger partial charge in [-0.2, -0.15) is 5.10 Å². The summed E-state index contributed by atoms with van der Waals surface area (Å²) in [5.74, 6) is 0.260. The summed E-state index contributed by atoms with van der Waals surface area (Å²) in [5.41, 5.74) is 0.205. The summed E-state index contributed by atoms with van der Waals surface area (Å²) in [6, 6.07) is 1.18. The molecule has 21 heavy (non-hydrogen) atoms. The highest BCUT2D eigenvalue weighted by atomic mass is 19.1. The van der Waals surface area contributed by atoms with Crippen molar-refractivity contribution in [3.8, 4) is 0 Å². The molecule has 0 spiro atoms. The number of hydrogen-bond acceptors (Lipinski definition) is 5. The Balaban J connectivity index is 1.88. The molecule has 7 nitrogen and oxygen atoms in total. The first kappa shape index (κ1) is 14.9. The molecule has 0 atom stereocenters. The van der Waals surface area contributed by atoms with E-state index in [-0.39, 0.29) is 11.5 Å². The number of hydrogen-bond donors (Lipinski definition) is 3. The second kappa shape index (κ2) is 7.32. The molecule has 0 aliphatic carbocycles. The SMILES string of the molecule is CCNc1ncc(F)cc1C(=O)NCCCc1ncn[nH]1. The number of amides is 1. The summed E-state index contributed by atoms with van der Waals surface area (Å²) in [6.07, 6.45) is 3.91. The minimum absolute atomic E-state index is 0.205. The lowest BCUT2D eigenvalue weighted by Crippen LogP contribution is -2.26. The molecular formula is C13H17FN6O. The van der Waals surface area contributed by atoms with Crippen LogP contribution in [0.1, 0.15) is 29.5 Å². The maximum absolute atomic E-state index is 13.2. The Morgan fingerprint density at radius 1 is 1.43 bits per heavy atom. The van der Waals surface area contributed by atoms with Gasteiger partial charge in [0.1, 0.15) is 23.8 Å². The van der Waals surface area contributed by atoms with Crippen molar-refractivity contribution in [2.24, 2.45) is 0 Å². The van der Waals surface area contributed by atoms with E-state index in [9.17, 15) is 9.18 Å². The van der Waals surface area contributed by atoms with E-state index >= 15 is 0 Å². The van der Waals surface area contributed by atoms with Crippen LogP contribution in [0, 0.1) is 5.82 Å². The standard InChI is InChI=1S/C13H17FN6O/c1-2-15-12-10(6-9(14)7-17-12)13(21)16-5-3-4-11-18-8-19-20-11/h6-8H,2-5H2,1H3,(H,15,17)(H,16,21)(H,18,19,20). The largest absolute Gasteiger partial charge is 0.370 e. The van der Waals surface area contributed by atoms with Crippen molar-refractivity contribution in [2.75, 3.05) is 18.4 Å². The minimum atomic E-state index is -0.538. The molecule has 8 heteroatoms. The zero-order chi connectivity index (χ0) is 15.1. The molecule has 0 aromatic carbocycles. The molecule has 0 unspecified atom stereocenters. The molecule has 3 N–H and O–H groups in total. The lowest BCUT2D eigenvalue weighted by atomic mass is 10.2. The number of anilines is 1. The van der Waals surface area contributed by atoms with Crippen LogP contribution >= 0.6 is 0 Å². The fourth-order valence-electron chi connectivity index (χ4n) is 1.82. The van der Waals surface area contributed by atoms with Crippen LogP contribution in [0.5, 0.6) is 0 Å². The van der Waals surface area contributed by atoms with E-state index in [0.717, 1.165) is 12.0 Å². The maximum Gasteiger partial charge on any atom is 0.255 e. The average Bonchev–Trinajstić information content (AvgIpc) is 2.99. The quantitative estimate of drug-likeness (QED) is 0.665. The lowest BCUT2D eigenvalue weighted by Gasteiger charge is -2.10. The van der Waals surface area contributed by atoms with Crippen LogP contribution in [-0.4, -0.2) is 39.2 Å². The molecule has 0 saturated carbocycles. The highest BCUT2D eigenvalue weighted by Gasteiger charge is 2.13. The number of aromatic amines is 1. The lowest BCUT2D eigenvalue weighted by molar-refractivity contribution is 0.0953. The van der Waals surface area contributed by atoms with Crippen LogP contribution in [0.25, 0.3) is 0 Å². The molecule has 0 saturated heterocycles. The van der Waals surface area contributed by atoms with Crippen LogP contribution in [0.15, 0.2) is 18.6 Å². The Bertz CT molecular complexity index is 586. The normalized spacial score (nSPS) is 10.4. The van der Waals surface area contributed by atoms with Gasteiger partial charge >= 0.3 is 0 Å². The summed E-state index contributed by atoms with van der Waals surface area (Å²) in [4.78, 5) is 19.9. The second-order valence-corrected chi connectivity index (χ2v) is 4.37. The van der Waals surface area contributed by atoms with Crippen LogP contribution < -0.4 is 10.6 Å². The molecule has 1 amide bonds. The summed E-state index contributed by atoms with van der Waals surface area (Å²) < 4.78 is 13.2. The number of aromatic nitrogens is 4. The fraction of sp³-hybridized carbons (Fsp3) is 0.385. The topological polar surface area (TPSA) is 95.6 Å². The first-order valence-electron chi connectivity index (χ1n) is 6.72. The zero-order valence-electron chi connectivity index (χ0n) is 11.7. The number of carbonyl (C=O) groups is 1. The van der Waals surface area contributed by atoms with E-state index in [1.54, 1.807) is 0 Å². The number of rotatable bonds is 7. The van der Waals surface area contributed by atoms with Crippen molar-refractivity contribution < 1.29 is 9.18 Å². The van der Waals surface area contributed by atoms with E-state index in [0.29, 0.717) is 31.7 Å². The molecular weight excluding hydrogens is 275 g/mol. The van der Waals surface area contributed by atoms with Gasteiger partial charge in [0.15, 0.2) is 0 Å². The van der Waals surface area contributed by atoms with Crippen molar-refractivity contribution >= 4 is 11.7 Å².